The van der Waals surface area contributed by atoms with Crippen LogP contribution in [-0.2, 0) is 9.53 Å². The summed E-state index contributed by atoms with van der Waals surface area (Å²) in [7, 11) is 1.17. The standard InChI is InChI=1S/C6H12FNO2/c1-6(2,7)4(8)5(9)10-3/h4H,8H2,1-3H3. The van der Waals surface area contributed by atoms with Crippen molar-refractivity contribution in [2.75, 3.05) is 7.11 Å². The van der Waals surface area contributed by atoms with Crippen molar-refractivity contribution in [3.8, 4) is 0 Å². The summed E-state index contributed by atoms with van der Waals surface area (Å²) in [5.74, 6) is -0.729. The first-order valence-electron chi connectivity index (χ1n) is 2.92. The molecule has 0 bridgehead atoms. The molecule has 0 aromatic carbocycles. The molecule has 0 radical (unpaired) electrons. The summed E-state index contributed by atoms with van der Waals surface area (Å²) in [4.78, 5) is 10.6. The van der Waals surface area contributed by atoms with Crippen LogP contribution in [0.2, 0.25) is 0 Å². The van der Waals surface area contributed by atoms with Crippen LogP contribution in [0.5, 0.6) is 0 Å². The molecule has 0 fully saturated rings. The number of methoxy groups -OCH3 is 1. The minimum Gasteiger partial charge on any atom is -0.468 e. The lowest BCUT2D eigenvalue weighted by atomic mass is 10.0. The first-order chi connectivity index (χ1) is 4.39. The Morgan fingerprint density at radius 2 is 2.10 bits per heavy atom. The third-order valence-corrected chi connectivity index (χ3v) is 1.19. The summed E-state index contributed by atoms with van der Waals surface area (Å²) >= 11 is 0. The molecule has 0 aliphatic carbocycles. The molecule has 1 unspecified atom stereocenters. The molecule has 0 aromatic rings. The van der Waals surface area contributed by atoms with Crippen molar-refractivity contribution in [2.24, 2.45) is 5.73 Å². The van der Waals surface area contributed by atoms with E-state index >= 15 is 0 Å². The van der Waals surface area contributed by atoms with E-state index in [9.17, 15) is 9.18 Å². The number of carbonyl (C=O) groups excluding carboxylic acids is 1. The maximum absolute atomic E-state index is 12.8. The van der Waals surface area contributed by atoms with E-state index < -0.39 is 17.7 Å². The lowest BCUT2D eigenvalue weighted by molar-refractivity contribution is -0.145. The summed E-state index contributed by atoms with van der Waals surface area (Å²) in [6.07, 6.45) is 0. The Labute approximate surface area is 59.3 Å². The molecule has 0 aromatic heterocycles. The summed E-state index contributed by atoms with van der Waals surface area (Å²) < 4.78 is 17.0. The van der Waals surface area contributed by atoms with E-state index in [0.29, 0.717) is 0 Å². The van der Waals surface area contributed by atoms with Gasteiger partial charge in [0.1, 0.15) is 11.7 Å². The number of carbonyl (C=O) groups is 1. The first kappa shape index (κ1) is 9.36. The molecular formula is C6H12FNO2. The highest BCUT2D eigenvalue weighted by Gasteiger charge is 2.32. The maximum Gasteiger partial charge on any atom is 0.325 e. The van der Waals surface area contributed by atoms with Crippen LogP contribution in [0.4, 0.5) is 4.39 Å². The number of nitrogens with two attached hydrogens (primary N) is 1. The molecule has 0 heterocycles. The van der Waals surface area contributed by atoms with Crippen LogP contribution in [0.3, 0.4) is 0 Å². The summed E-state index contributed by atoms with van der Waals surface area (Å²) in [5.41, 5.74) is 3.44. The molecule has 3 nitrogen and oxygen atoms in total. The van der Waals surface area contributed by atoms with E-state index in [0.717, 1.165) is 0 Å². The lowest BCUT2D eigenvalue weighted by Crippen LogP contribution is -2.46. The van der Waals surface area contributed by atoms with Gasteiger partial charge < -0.3 is 10.5 Å². The van der Waals surface area contributed by atoms with Gasteiger partial charge in [0.25, 0.3) is 0 Å². The molecule has 2 N–H and O–H groups in total. The molecule has 0 aliphatic rings. The number of hydrogen-bond donors (Lipinski definition) is 1. The Morgan fingerprint density at radius 3 is 2.20 bits per heavy atom. The van der Waals surface area contributed by atoms with Crippen LogP contribution in [0.1, 0.15) is 13.8 Å². The van der Waals surface area contributed by atoms with Gasteiger partial charge in [0.05, 0.1) is 7.11 Å². The Balaban J connectivity index is 4.08. The van der Waals surface area contributed by atoms with Crippen LogP contribution in [0.25, 0.3) is 0 Å². The molecule has 0 saturated carbocycles. The topological polar surface area (TPSA) is 52.3 Å². The van der Waals surface area contributed by atoms with Crippen LogP contribution in [-0.4, -0.2) is 24.8 Å². The summed E-state index contributed by atoms with van der Waals surface area (Å²) in [5, 5.41) is 0. The van der Waals surface area contributed by atoms with Gasteiger partial charge in [-0.15, -0.1) is 0 Å². The van der Waals surface area contributed by atoms with Crippen molar-refractivity contribution in [3.63, 3.8) is 0 Å². The molecule has 60 valence electrons. The van der Waals surface area contributed by atoms with Crippen molar-refractivity contribution in [2.45, 2.75) is 25.6 Å². The van der Waals surface area contributed by atoms with Gasteiger partial charge in [-0.2, -0.15) is 0 Å². The van der Waals surface area contributed by atoms with E-state index in [-0.39, 0.29) is 0 Å². The fourth-order valence-corrected chi connectivity index (χ4v) is 0.407. The highest BCUT2D eigenvalue weighted by atomic mass is 19.1. The van der Waals surface area contributed by atoms with E-state index in [1.165, 1.54) is 21.0 Å². The second kappa shape index (κ2) is 2.96. The van der Waals surface area contributed by atoms with Gasteiger partial charge in [-0.05, 0) is 13.8 Å². The first-order valence-corrected chi connectivity index (χ1v) is 2.92. The Morgan fingerprint density at radius 1 is 1.70 bits per heavy atom. The minimum absolute atomic E-state index is 0.729. The third-order valence-electron chi connectivity index (χ3n) is 1.19. The molecule has 0 spiro atoms. The molecule has 0 saturated heterocycles. The normalized spacial score (nSPS) is 14.5. The summed E-state index contributed by atoms with van der Waals surface area (Å²) in [6.45, 7) is 2.46. The van der Waals surface area contributed by atoms with Crippen molar-refractivity contribution in [3.05, 3.63) is 0 Å². The van der Waals surface area contributed by atoms with Gasteiger partial charge in [-0.3, -0.25) is 4.79 Å². The zero-order valence-corrected chi connectivity index (χ0v) is 6.35. The number of esters is 1. The van der Waals surface area contributed by atoms with Crippen LogP contribution in [0.15, 0.2) is 0 Å². The van der Waals surface area contributed by atoms with Crippen LogP contribution in [0, 0.1) is 0 Å². The van der Waals surface area contributed by atoms with Crippen LogP contribution >= 0.6 is 0 Å². The van der Waals surface area contributed by atoms with Gasteiger partial charge in [-0.25, -0.2) is 4.39 Å². The van der Waals surface area contributed by atoms with Crippen molar-refractivity contribution < 1.29 is 13.9 Å². The summed E-state index contributed by atoms with van der Waals surface area (Å²) in [6, 6.07) is -1.20. The number of alkyl halides is 1. The van der Waals surface area contributed by atoms with Crippen molar-refractivity contribution >= 4 is 5.97 Å². The second-order valence-electron chi connectivity index (χ2n) is 2.57. The average molecular weight is 149 g/mol. The zero-order valence-electron chi connectivity index (χ0n) is 6.35. The van der Waals surface area contributed by atoms with Gasteiger partial charge in [0, 0.05) is 0 Å². The highest BCUT2D eigenvalue weighted by Crippen LogP contribution is 2.12. The molecule has 0 aliphatic heterocycles. The quantitative estimate of drug-likeness (QED) is 0.572. The molecule has 0 rings (SSSR count). The maximum atomic E-state index is 12.8. The van der Waals surface area contributed by atoms with Crippen LogP contribution < -0.4 is 5.73 Å². The fraction of sp³-hybridized carbons (Fsp3) is 0.833. The predicted molar refractivity (Wildman–Crippen MR) is 35.2 cm³/mol. The van der Waals surface area contributed by atoms with Crippen molar-refractivity contribution in [1.82, 2.24) is 0 Å². The third kappa shape index (κ3) is 2.31. The molecule has 4 heteroatoms. The Kier molecular flexibility index (Phi) is 2.77. The van der Waals surface area contributed by atoms with Gasteiger partial charge in [0.15, 0.2) is 0 Å². The van der Waals surface area contributed by atoms with Gasteiger partial charge >= 0.3 is 5.97 Å². The number of halogens is 1. The monoisotopic (exact) mass is 149 g/mol. The molecule has 10 heavy (non-hydrogen) atoms. The average Bonchev–Trinajstić information content (AvgIpc) is 1.83. The Bertz CT molecular complexity index is 130. The van der Waals surface area contributed by atoms with Crippen molar-refractivity contribution in [1.29, 1.82) is 0 Å². The number of hydrogen-bond acceptors (Lipinski definition) is 3. The minimum atomic E-state index is -1.72. The largest absolute Gasteiger partial charge is 0.468 e. The van der Waals surface area contributed by atoms with E-state index in [1.807, 2.05) is 0 Å². The van der Waals surface area contributed by atoms with Gasteiger partial charge in [0.2, 0.25) is 0 Å². The number of ether oxygens (including phenoxy) is 1. The van der Waals surface area contributed by atoms with E-state index in [2.05, 4.69) is 4.74 Å². The smallest absolute Gasteiger partial charge is 0.325 e. The van der Waals surface area contributed by atoms with E-state index in [1.54, 1.807) is 0 Å². The highest BCUT2D eigenvalue weighted by molar-refractivity contribution is 5.76. The van der Waals surface area contributed by atoms with Gasteiger partial charge in [-0.1, -0.05) is 0 Å². The SMILES string of the molecule is COC(=O)C(N)C(C)(C)F. The molecular weight excluding hydrogens is 137 g/mol. The number of rotatable bonds is 2. The fourth-order valence-electron chi connectivity index (χ4n) is 0.407. The second-order valence-corrected chi connectivity index (χ2v) is 2.57. The van der Waals surface area contributed by atoms with E-state index in [4.69, 9.17) is 5.73 Å². The predicted octanol–water partition coefficient (Wildman–Crippen LogP) is 0.235. The molecule has 0 amide bonds. The molecule has 1 atom stereocenters. The zero-order chi connectivity index (χ0) is 8.36. The lowest BCUT2D eigenvalue weighted by Gasteiger charge is -2.19. The Hall–Kier alpha value is -0.640.